The van der Waals surface area contributed by atoms with Gasteiger partial charge in [-0.2, -0.15) is 4.98 Å². The Bertz CT molecular complexity index is 1340. The molecule has 0 radical (unpaired) electrons. The van der Waals surface area contributed by atoms with Gasteiger partial charge in [-0.3, -0.25) is 19.4 Å². The summed E-state index contributed by atoms with van der Waals surface area (Å²) in [4.78, 5) is 47.9. The summed E-state index contributed by atoms with van der Waals surface area (Å²) in [6.45, 7) is 3.12. The predicted octanol–water partition coefficient (Wildman–Crippen LogP) is 3.36. The van der Waals surface area contributed by atoms with E-state index < -0.39 is 17.4 Å². The van der Waals surface area contributed by atoms with Crippen molar-refractivity contribution in [1.29, 1.82) is 0 Å². The van der Waals surface area contributed by atoms with Gasteiger partial charge in [-0.25, -0.2) is 0 Å². The van der Waals surface area contributed by atoms with Crippen LogP contribution in [0.15, 0.2) is 47.3 Å². The third-order valence-corrected chi connectivity index (χ3v) is 6.38. The second-order valence-electron chi connectivity index (χ2n) is 8.35. The van der Waals surface area contributed by atoms with Gasteiger partial charge < -0.3 is 15.5 Å². The van der Waals surface area contributed by atoms with E-state index in [2.05, 4.69) is 32.7 Å². The average molecular weight is 464 g/mol. The fourth-order valence-electron chi connectivity index (χ4n) is 4.36. The number of nitrogens with zero attached hydrogens (tertiary/aromatic N) is 2. The first-order valence-corrected chi connectivity index (χ1v) is 11.1. The molecule has 2 aliphatic heterocycles. The van der Waals surface area contributed by atoms with Crippen LogP contribution in [0.25, 0.3) is 0 Å². The molecule has 33 heavy (non-hydrogen) atoms. The van der Waals surface area contributed by atoms with Gasteiger partial charge in [0, 0.05) is 30.2 Å². The summed E-state index contributed by atoms with van der Waals surface area (Å²) in [6, 6.07) is 13.3. The monoisotopic (exact) mass is 463 g/mol. The molecule has 0 saturated heterocycles. The number of aryl methyl sites for hydroxylation is 1. The van der Waals surface area contributed by atoms with Gasteiger partial charge in [0.15, 0.2) is 0 Å². The summed E-state index contributed by atoms with van der Waals surface area (Å²) in [5.41, 5.74) is 3.52. The summed E-state index contributed by atoms with van der Waals surface area (Å²) >= 11 is 6.05. The number of benzene rings is 2. The second-order valence-corrected chi connectivity index (χ2v) is 8.78. The van der Waals surface area contributed by atoms with Crippen molar-refractivity contribution in [2.75, 3.05) is 22.1 Å². The number of aromatic amines is 1. The first kappa shape index (κ1) is 21.2. The number of anilines is 3. The lowest BCUT2D eigenvalue weighted by atomic mass is 9.92. The summed E-state index contributed by atoms with van der Waals surface area (Å²) in [6.07, 6.45) is 0.687. The van der Waals surface area contributed by atoms with Crippen LogP contribution in [0.2, 0.25) is 5.02 Å². The first-order chi connectivity index (χ1) is 15.9. The van der Waals surface area contributed by atoms with Crippen LogP contribution in [0.4, 0.5) is 17.5 Å². The van der Waals surface area contributed by atoms with Gasteiger partial charge in [-0.05, 0) is 42.2 Å². The zero-order chi connectivity index (χ0) is 23.1. The molecule has 0 spiro atoms. The fourth-order valence-corrected chi connectivity index (χ4v) is 4.53. The van der Waals surface area contributed by atoms with E-state index in [0.29, 0.717) is 29.7 Å². The van der Waals surface area contributed by atoms with E-state index >= 15 is 0 Å². The number of aromatic nitrogens is 2. The van der Waals surface area contributed by atoms with E-state index in [1.807, 2.05) is 24.0 Å². The number of hydrogen-bond donors (Lipinski definition) is 3. The average Bonchev–Trinajstić information content (AvgIpc) is 2.80. The maximum absolute atomic E-state index is 13.1. The number of amides is 2. The zero-order valence-corrected chi connectivity index (χ0v) is 18.7. The van der Waals surface area contributed by atoms with Crippen LogP contribution in [0, 0.1) is 6.92 Å². The molecule has 0 bridgehead atoms. The molecule has 1 unspecified atom stereocenters. The van der Waals surface area contributed by atoms with Gasteiger partial charge >= 0.3 is 0 Å². The van der Waals surface area contributed by atoms with Crippen LogP contribution in [-0.4, -0.2) is 28.3 Å². The van der Waals surface area contributed by atoms with Crippen molar-refractivity contribution in [1.82, 2.24) is 9.97 Å². The van der Waals surface area contributed by atoms with Crippen molar-refractivity contribution in [3.8, 4) is 0 Å². The highest BCUT2D eigenvalue weighted by molar-refractivity contribution is 6.31. The lowest BCUT2D eigenvalue weighted by Gasteiger charge is -2.30. The van der Waals surface area contributed by atoms with Gasteiger partial charge in [0.05, 0.1) is 11.5 Å². The van der Waals surface area contributed by atoms with Crippen LogP contribution >= 0.6 is 11.6 Å². The third kappa shape index (κ3) is 4.09. The van der Waals surface area contributed by atoms with Gasteiger partial charge in [0.1, 0.15) is 5.82 Å². The molecule has 3 aromatic rings. The van der Waals surface area contributed by atoms with Crippen LogP contribution in [-0.2, 0) is 22.6 Å². The van der Waals surface area contributed by atoms with Crippen molar-refractivity contribution in [2.45, 2.75) is 32.2 Å². The lowest BCUT2D eigenvalue weighted by Crippen LogP contribution is -2.39. The Morgan fingerprint density at radius 1 is 1.18 bits per heavy atom. The SMILES string of the molecule is Cc1ccc(Cl)cc1NC(=O)C1CC(=O)Nc2nc(N3CCc4ccccc4C3)[nH]c(=O)c21. The van der Waals surface area contributed by atoms with Gasteiger partial charge in [-0.15, -0.1) is 0 Å². The fraction of sp³-hybridized carbons (Fsp3) is 0.250. The molecular weight excluding hydrogens is 442 g/mol. The molecule has 1 aromatic heterocycles. The largest absolute Gasteiger partial charge is 0.338 e. The quantitative estimate of drug-likeness (QED) is 0.552. The van der Waals surface area contributed by atoms with Crippen molar-refractivity contribution in [3.63, 3.8) is 0 Å². The number of hydrogen-bond acceptors (Lipinski definition) is 5. The molecule has 2 aromatic carbocycles. The topological polar surface area (TPSA) is 107 Å². The summed E-state index contributed by atoms with van der Waals surface area (Å²) < 4.78 is 0. The van der Waals surface area contributed by atoms with Gasteiger partial charge in [-0.1, -0.05) is 41.9 Å². The van der Waals surface area contributed by atoms with Crippen molar-refractivity contribution < 1.29 is 9.59 Å². The van der Waals surface area contributed by atoms with E-state index in [1.165, 1.54) is 11.1 Å². The van der Waals surface area contributed by atoms with Crippen LogP contribution < -0.4 is 21.1 Å². The predicted molar refractivity (Wildman–Crippen MR) is 127 cm³/mol. The number of carbonyl (C=O) groups excluding carboxylic acids is 2. The molecular formula is C24H22ClN5O3. The number of carbonyl (C=O) groups is 2. The lowest BCUT2D eigenvalue weighted by molar-refractivity contribution is -0.123. The van der Waals surface area contributed by atoms with Crippen molar-refractivity contribution in [3.05, 3.63) is 80.1 Å². The molecule has 9 heteroatoms. The van der Waals surface area contributed by atoms with Crippen LogP contribution in [0.5, 0.6) is 0 Å². The number of fused-ring (bicyclic) bond motifs is 2. The highest BCUT2D eigenvalue weighted by Gasteiger charge is 2.35. The van der Waals surface area contributed by atoms with E-state index in [9.17, 15) is 14.4 Å². The number of H-pyrrole nitrogens is 1. The van der Waals surface area contributed by atoms with Crippen LogP contribution in [0.3, 0.4) is 0 Å². The number of rotatable bonds is 3. The Morgan fingerprint density at radius 2 is 1.97 bits per heavy atom. The minimum Gasteiger partial charge on any atom is -0.338 e. The molecule has 2 aliphatic rings. The minimum atomic E-state index is -0.959. The Hall–Kier alpha value is -3.65. The van der Waals surface area contributed by atoms with E-state index in [1.54, 1.807) is 18.2 Å². The Morgan fingerprint density at radius 3 is 2.79 bits per heavy atom. The first-order valence-electron chi connectivity index (χ1n) is 10.7. The summed E-state index contributed by atoms with van der Waals surface area (Å²) in [5.74, 6) is -1.27. The van der Waals surface area contributed by atoms with E-state index in [4.69, 9.17) is 11.6 Å². The Kier molecular flexibility index (Phi) is 5.38. The number of nitrogens with one attached hydrogen (secondary N) is 3. The zero-order valence-electron chi connectivity index (χ0n) is 17.9. The molecule has 1 atom stereocenters. The smallest absolute Gasteiger partial charge is 0.258 e. The maximum atomic E-state index is 13.1. The molecule has 8 nitrogen and oxygen atoms in total. The molecule has 5 rings (SSSR count). The molecule has 0 fully saturated rings. The molecule has 3 heterocycles. The van der Waals surface area contributed by atoms with E-state index in [0.717, 1.165) is 12.0 Å². The van der Waals surface area contributed by atoms with Crippen molar-refractivity contribution in [2.24, 2.45) is 0 Å². The second kappa shape index (κ2) is 8.37. The van der Waals surface area contributed by atoms with E-state index in [-0.39, 0.29) is 23.7 Å². The molecule has 0 saturated carbocycles. The molecule has 0 aliphatic carbocycles. The molecule has 2 amide bonds. The van der Waals surface area contributed by atoms with Crippen molar-refractivity contribution >= 4 is 40.9 Å². The number of halogens is 1. The van der Waals surface area contributed by atoms with Gasteiger partial charge in [0.2, 0.25) is 17.8 Å². The highest BCUT2D eigenvalue weighted by Crippen LogP contribution is 2.32. The molecule has 3 N–H and O–H groups in total. The maximum Gasteiger partial charge on any atom is 0.258 e. The third-order valence-electron chi connectivity index (χ3n) is 6.14. The Balaban J connectivity index is 1.46. The Labute approximate surface area is 195 Å². The van der Waals surface area contributed by atoms with Crippen LogP contribution in [0.1, 0.15) is 34.6 Å². The summed E-state index contributed by atoms with van der Waals surface area (Å²) in [7, 11) is 0. The van der Waals surface area contributed by atoms with Gasteiger partial charge in [0.25, 0.3) is 5.56 Å². The normalized spacial score (nSPS) is 17.1. The molecule has 168 valence electrons. The summed E-state index contributed by atoms with van der Waals surface area (Å²) in [5, 5.41) is 5.95. The highest BCUT2D eigenvalue weighted by atomic mass is 35.5. The minimum absolute atomic E-state index is 0.131. The standard InChI is InChI=1S/C24H22ClN5O3/c1-13-6-7-16(25)10-18(13)26-22(32)17-11-19(31)27-21-20(17)23(33)29-24(28-21)30-9-8-14-4-2-3-5-15(14)12-30/h2-7,10,17H,8-9,11-12H2,1H3,(H,26,32)(H2,27,28,29,31,33).